The maximum atomic E-state index is 12.4. The van der Waals surface area contributed by atoms with Crippen LogP contribution in [0, 0.1) is 34.5 Å². The number of hydrogen-bond acceptors (Lipinski definition) is 7. The average Bonchev–Trinajstić information content (AvgIpc) is 3.38. The van der Waals surface area contributed by atoms with Gasteiger partial charge in [0, 0.05) is 11.5 Å². The van der Waals surface area contributed by atoms with Gasteiger partial charge in [0.25, 0.3) is 0 Å². The van der Waals surface area contributed by atoms with E-state index >= 15 is 0 Å². The van der Waals surface area contributed by atoms with Crippen LogP contribution < -0.4 is 0 Å². The standard InChI is InChI=1S/C29H40O7/c1-16-23(30)6-7-26(35-16)36-19-8-10-27(2)18(13-19)4-5-21-22(27)14-24(31)28(3)20(9-11-29(21,28)33)17-12-25(32)34-15-17/h6-7,12,16,18-22,24,26,31,33H,4-5,8-11,13-15H2,1-3H3/t16-,18-,19+,20-,21-,22+,24-,26-,27+,28+,29+/m1/s1. The zero-order valence-electron chi connectivity index (χ0n) is 21.7. The number of ether oxygens (including phenoxy) is 3. The predicted octanol–water partition coefficient (Wildman–Crippen LogP) is 3.47. The van der Waals surface area contributed by atoms with Gasteiger partial charge in [-0.1, -0.05) is 13.8 Å². The number of carbonyl (C=O) groups excluding carboxylic acids is 2. The van der Waals surface area contributed by atoms with Crippen molar-refractivity contribution in [2.24, 2.45) is 34.5 Å². The molecule has 11 atom stereocenters. The maximum absolute atomic E-state index is 12.4. The van der Waals surface area contributed by atoms with Gasteiger partial charge in [0.15, 0.2) is 12.1 Å². The molecule has 0 aromatic heterocycles. The first-order valence-electron chi connectivity index (χ1n) is 13.9. The van der Waals surface area contributed by atoms with Gasteiger partial charge < -0.3 is 24.4 Å². The van der Waals surface area contributed by atoms with Crippen LogP contribution in [0.1, 0.15) is 72.1 Å². The molecule has 0 unspecified atom stereocenters. The van der Waals surface area contributed by atoms with Gasteiger partial charge in [-0.2, -0.15) is 0 Å². The molecule has 36 heavy (non-hydrogen) atoms. The number of aliphatic hydroxyl groups is 2. The second-order valence-corrected chi connectivity index (χ2v) is 12.8. The monoisotopic (exact) mass is 500 g/mol. The first-order valence-corrected chi connectivity index (χ1v) is 13.9. The van der Waals surface area contributed by atoms with Crippen molar-refractivity contribution in [2.75, 3.05) is 6.61 Å². The highest BCUT2D eigenvalue weighted by atomic mass is 16.7. The van der Waals surface area contributed by atoms with E-state index in [2.05, 4.69) is 13.8 Å². The predicted molar refractivity (Wildman–Crippen MR) is 130 cm³/mol. The molecule has 2 N–H and O–H groups in total. The highest BCUT2D eigenvalue weighted by Gasteiger charge is 2.70. The van der Waals surface area contributed by atoms with Crippen molar-refractivity contribution in [1.29, 1.82) is 0 Å². The Bertz CT molecular complexity index is 1000. The molecule has 7 nitrogen and oxygen atoms in total. The lowest BCUT2D eigenvalue weighted by atomic mass is 9.42. The summed E-state index contributed by atoms with van der Waals surface area (Å²) in [5.74, 6) is 0.493. The van der Waals surface area contributed by atoms with Crippen LogP contribution >= 0.6 is 0 Å². The zero-order valence-corrected chi connectivity index (χ0v) is 21.7. The molecule has 2 heterocycles. The van der Waals surface area contributed by atoms with Gasteiger partial charge in [-0.25, -0.2) is 4.79 Å². The number of esters is 1. The third-order valence-corrected chi connectivity index (χ3v) is 11.5. The number of ketones is 1. The molecule has 4 fully saturated rings. The molecular weight excluding hydrogens is 460 g/mol. The zero-order chi connectivity index (χ0) is 25.5. The molecule has 0 saturated heterocycles. The summed E-state index contributed by atoms with van der Waals surface area (Å²) in [7, 11) is 0. The van der Waals surface area contributed by atoms with Crippen molar-refractivity contribution in [3.05, 3.63) is 23.8 Å². The minimum Gasteiger partial charge on any atom is -0.458 e. The van der Waals surface area contributed by atoms with Gasteiger partial charge >= 0.3 is 5.97 Å². The largest absolute Gasteiger partial charge is 0.458 e. The van der Waals surface area contributed by atoms with Gasteiger partial charge in [-0.3, -0.25) is 4.79 Å². The summed E-state index contributed by atoms with van der Waals surface area (Å²) < 4.78 is 17.2. The second-order valence-electron chi connectivity index (χ2n) is 12.8. The summed E-state index contributed by atoms with van der Waals surface area (Å²) in [6, 6.07) is 0. The molecule has 2 aliphatic heterocycles. The van der Waals surface area contributed by atoms with E-state index in [4.69, 9.17) is 14.2 Å². The molecule has 0 spiro atoms. The Morgan fingerprint density at radius 2 is 1.86 bits per heavy atom. The molecule has 198 valence electrons. The van der Waals surface area contributed by atoms with Crippen molar-refractivity contribution < 1.29 is 34.0 Å². The van der Waals surface area contributed by atoms with Crippen LogP contribution in [0.2, 0.25) is 0 Å². The molecule has 0 aromatic rings. The number of aliphatic hydroxyl groups excluding tert-OH is 1. The van der Waals surface area contributed by atoms with Gasteiger partial charge in [0.05, 0.1) is 17.8 Å². The van der Waals surface area contributed by atoms with E-state index in [1.165, 1.54) is 0 Å². The Morgan fingerprint density at radius 1 is 1.06 bits per heavy atom. The van der Waals surface area contributed by atoms with Crippen molar-refractivity contribution in [2.45, 2.75) is 102 Å². The highest BCUT2D eigenvalue weighted by Crippen LogP contribution is 2.70. The average molecular weight is 501 g/mol. The highest BCUT2D eigenvalue weighted by molar-refractivity contribution is 5.93. The fourth-order valence-electron chi connectivity index (χ4n) is 9.36. The van der Waals surface area contributed by atoms with Crippen LogP contribution in [0.5, 0.6) is 0 Å². The lowest BCUT2D eigenvalue weighted by Crippen LogP contribution is -2.67. The van der Waals surface area contributed by atoms with E-state index in [9.17, 15) is 19.8 Å². The molecular formula is C29H40O7. The summed E-state index contributed by atoms with van der Waals surface area (Å²) in [6.07, 6.45) is 10.3. The lowest BCUT2D eigenvalue weighted by molar-refractivity contribution is -0.250. The first kappa shape index (κ1) is 24.8. The Labute approximate surface area is 213 Å². The SMILES string of the molecule is C[C@H]1O[C@H](O[C@H]2CC[C@@]3(C)[C@H](CC[C@@H]4[C@@H]3C[C@@H](O)[C@]3(C)[C@@H](C5=CC(=O)OC5)CC[C@]43O)C2)C=CC1=O. The fraction of sp³-hybridized carbons (Fsp3) is 0.793. The third-order valence-electron chi connectivity index (χ3n) is 11.5. The van der Waals surface area contributed by atoms with E-state index < -0.39 is 29.5 Å². The van der Waals surface area contributed by atoms with Crippen LogP contribution in [0.25, 0.3) is 0 Å². The normalized spacial score (nSPS) is 52.3. The molecule has 7 heteroatoms. The van der Waals surface area contributed by atoms with Gasteiger partial charge in [0.2, 0.25) is 0 Å². The van der Waals surface area contributed by atoms with Crippen molar-refractivity contribution in [1.82, 2.24) is 0 Å². The van der Waals surface area contributed by atoms with Crippen molar-refractivity contribution >= 4 is 11.8 Å². The van der Waals surface area contributed by atoms with E-state index in [1.54, 1.807) is 25.2 Å². The molecule has 0 aromatic carbocycles. The van der Waals surface area contributed by atoms with E-state index in [0.717, 1.165) is 44.1 Å². The smallest absolute Gasteiger partial charge is 0.331 e. The molecule has 4 aliphatic carbocycles. The minimum absolute atomic E-state index is 0.0253. The quantitative estimate of drug-likeness (QED) is 0.572. The maximum Gasteiger partial charge on any atom is 0.331 e. The summed E-state index contributed by atoms with van der Waals surface area (Å²) in [5.41, 5.74) is -0.645. The van der Waals surface area contributed by atoms with Gasteiger partial charge in [-0.15, -0.1) is 0 Å². The summed E-state index contributed by atoms with van der Waals surface area (Å²) in [6.45, 7) is 6.47. The van der Waals surface area contributed by atoms with Crippen LogP contribution in [0.15, 0.2) is 23.8 Å². The minimum atomic E-state index is -0.947. The Balaban J connectivity index is 1.20. The fourth-order valence-corrected chi connectivity index (χ4v) is 9.36. The molecule has 0 amide bonds. The number of carbonyl (C=O) groups is 2. The summed E-state index contributed by atoms with van der Waals surface area (Å²) in [5, 5.41) is 24.0. The van der Waals surface area contributed by atoms with Gasteiger partial charge in [0.1, 0.15) is 12.7 Å². The lowest BCUT2D eigenvalue weighted by Gasteiger charge is -2.65. The molecule has 0 radical (unpaired) electrons. The molecule has 4 saturated carbocycles. The number of fused-ring (bicyclic) bond motifs is 5. The van der Waals surface area contributed by atoms with Crippen LogP contribution in [0.3, 0.4) is 0 Å². The van der Waals surface area contributed by atoms with Crippen LogP contribution in [-0.2, 0) is 23.8 Å². The number of hydrogen-bond donors (Lipinski definition) is 2. The van der Waals surface area contributed by atoms with Crippen molar-refractivity contribution in [3.8, 4) is 0 Å². The third kappa shape index (κ3) is 3.45. The van der Waals surface area contributed by atoms with E-state index in [-0.39, 0.29) is 47.6 Å². The summed E-state index contributed by atoms with van der Waals surface area (Å²) in [4.78, 5) is 23.5. The van der Waals surface area contributed by atoms with Crippen molar-refractivity contribution in [3.63, 3.8) is 0 Å². The molecule has 0 bridgehead atoms. The second kappa shape index (κ2) is 8.48. The number of rotatable bonds is 3. The Morgan fingerprint density at radius 3 is 2.58 bits per heavy atom. The molecule has 6 rings (SSSR count). The molecule has 6 aliphatic rings. The van der Waals surface area contributed by atoms with E-state index in [0.29, 0.717) is 18.8 Å². The first-order chi connectivity index (χ1) is 17.1. The van der Waals surface area contributed by atoms with Crippen LogP contribution in [-0.4, -0.2) is 58.8 Å². The topological polar surface area (TPSA) is 102 Å². The van der Waals surface area contributed by atoms with E-state index in [1.807, 2.05) is 0 Å². The number of cyclic esters (lactones) is 1. The Kier molecular flexibility index (Phi) is 5.84. The summed E-state index contributed by atoms with van der Waals surface area (Å²) >= 11 is 0. The van der Waals surface area contributed by atoms with Gasteiger partial charge in [-0.05, 0) is 105 Å². The Hall–Kier alpha value is -1.54. The van der Waals surface area contributed by atoms with Crippen LogP contribution in [0.4, 0.5) is 0 Å².